The average Bonchev–Trinajstić information content (AvgIpc) is 3.57. The van der Waals surface area contributed by atoms with E-state index in [1.54, 1.807) is 12.0 Å². The lowest BCUT2D eigenvalue weighted by atomic mass is 10.0. The molecule has 12 heteroatoms. The molecule has 3 fully saturated rings. The minimum absolute atomic E-state index is 0.0278. The predicted molar refractivity (Wildman–Crippen MR) is 169 cm³/mol. The number of aliphatic hydroxyl groups is 1. The van der Waals surface area contributed by atoms with Gasteiger partial charge in [0.05, 0.1) is 24.3 Å². The van der Waals surface area contributed by atoms with E-state index in [1.165, 1.54) is 0 Å². The topological polar surface area (TPSA) is 124 Å². The molecule has 0 radical (unpaired) electrons. The lowest BCUT2D eigenvalue weighted by molar-refractivity contribution is 0.0512. The molecule has 1 amide bonds. The summed E-state index contributed by atoms with van der Waals surface area (Å²) >= 11 is 0. The molecule has 0 aliphatic carbocycles. The number of aromatic nitrogens is 2. The van der Waals surface area contributed by atoms with Gasteiger partial charge < -0.3 is 39.1 Å². The Morgan fingerprint density at radius 3 is 2.73 bits per heavy atom. The maximum atomic E-state index is 12.1. The number of carboxylic acid groups (broad SMARTS) is 1. The first kappa shape index (κ1) is 29.8. The molecule has 2 aromatic carbocycles. The molecule has 7 rings (SSSR count). The van der Waals surface area contributed by atoms with Crippen molar-refractivity contribution >= 4 is 28.4 Å². The van der Waals surface area contributed by atoms with Crippen molar-refractivity contribution in [3.8, 4) is 11.8 Å². The van der Waals surface area contributed by atoms with Gasteiger partial charge >= 0.3 is 12.1 Å². The monoisotopic (exact) mass is 618 g/mol. The fraction of sp³-hybridized carbons (Fsp3) is 0.545. The fourth-order valence-corrected chi connectivity index (χ4v) is 7.76. The Morgan fingerprint density at radius 2 is 1.96 bits per heavy atom. The number of anilines is 2. The first-order chi connectivity index (χ1) is 21.9. The SMILES string of the molecule is COCOc1cc(N2CCc3c(nc(OC[C@@H]4CCCN4C)nc3N3C[C@@H]4C[C@H](CO)[C@H](C3)N4C(=O)O)C2)c2ccccc2c1. The number of benzene rings is 2. The molecule has 240 valence electrons. The molecular formula is C33H42N6O6. The van der Waals surface area contributed by atoms with Crippen LogP contribution in [-0.2, 0) is 17.7 Å². The molecule has 45 heavy (non-hydrogen) atoms. The predicted octanol–water partition coefficient (Wildman–Crippen LogP) is 3.20. The average molecular weight is 619 g/mol. The maximum Gasteiger partial charge on any atom is 0.407 e. The highest BCUT2D eigenvalue weighted by atomic mass is 16.7. The van der Waals surface area contributed by atoms with Crippen molar-refractivity contribution in [2.45, 2.75) is 50.4 Å². The quantitative estimate of drug-likeness (QED) is 0.344. The molecule has 4 aliphatic heterocycles. The van der Waals surface area contributed by atoms with Gasteiger partial charge in [-0.3, -0.25) is 4.90 Å². The van der Waals surface area contributed by atoms with Gasteiger partial charge in [-0.25, -0.2) is 4.79 Å². The van der Waals surface area contributed by atoms with E-state index in [9.17, 15) is 15.0 Å². The van der Waals surface area contributed by atoms with Crippen LogP contribution >= 0.6 is 0 Å². The zero-order chi connectivity index (χ0) is 31.1. The number of rotatable bonds is 9. The summed E-state index contributed by atoms with van der Waals surface area (Å²) in [7, 11) is 3.74. The van der Waals surface area contributed by atoms with Crippen molar-refractivity contribution in [1.82, 2.24) is 19.8 Å². The summed E-state index contributed by atoms with van der Waals surface area (Å²) in [6, 6.07) is 12.6. The van der Waals surface area contributed by atoms with E-state index in [4.69, 9.17) is 24.2 Å². The third-order valence-electron chi connectivity index (χ3n) is 10.1. The minimum atomic E-state index is -0.922. The van der Waals surface area contributed by atoms with Crippen molar-refractivity contribution < 1.29 is 29.2 Å². The zero-order valence-corrected chi connectivity index (χ0v) is 26.0. The van der Waals surface area contributed by atoms with Gasteiger partial charge in [0.1, 0.15) is 18.2 Å². The van der Waals surface area contributed by atoms with Gasteiger partial charge in [-0.2, -0.15) is 9.97 Å². The molecule has 2 bridgehead atoms. The van der Waals surface area contributed by atoms with E-state index >= 15 is 0 Å². The number of ether oxygens (including phenoxy) is 3. The van der Waals surface area contributed by atoms with Gasteiger partial charge in [-0.05, 0) is 50.7 Å². The standard InChI is InChI=1S/C33H42N6O6/c1-36-10-5-7-23(36)19-44-32-34-28-16-37(29-14-25(45-20-43-2)13-21-6-3-4-8-26(21)29)11-9-27(28)31(35-32)38-15-24-12-22(18-40)30(17-38)39(24)33(41)42/h3-4,6,8,13-14,22-24,30,40H,5,7,9-12,15-20H2,1-2H3,(H,41,42)/t22-,23+,24+,30+/m1/s1. The van der Waals surface area contributed by atoms with Gasteiger partial charge in [0.15, 0.2) is 6.79 Å². The normalized spacial score (nSPS) is 24.7. The molecular weight excluding hydrogens is 576 g/mol. The Kier molecular flexibility index (Phi) is 8.28. The van der Waals surface area contributed by atoms with E-state index in [-0.39, 0.29) is 31.4 Å². The minimum Gasteiger partial charge on any atom is -0.467 e. The first-order valence-corrected chi connectivity index (χ1v) is 15.9. The molecule has 0 saturated carbocycles. The maximum absolute atomic E-state index is 12.1. The Balaban J connectivity index is 1.23. The van der Waals surface area contributed by atoms with Crippen molar-refractivity contribution in [2.24, 2.45) is 5.92 Å². The van der Waals surface area contributed by atoms with Gasteiger partial charge in [-0.15, -0.1) is 0 Å². The Bertz CT molecular complexity index is 1560. The number of hydrogen-bond donors (Lipinski definition) is 2. The van der Waals surface area contributed by atoms with E-state index < -0.39 is 6.09 Å². The Labute approximate surface area is 263 Å². The molecule has 0 spiro atoms. The summed E-state index contributed by atoms with van der Waals surface area (Å²) < 4.78 is 17.4. The molecule has 4 aliphatic rings. The van der Waals surface area contributed by atoms with Crippen LogP contribution in [0.5, 0.6) is 11.8 Å². The highest BCUT2D eigenvalue weighted by Crippen LogP contribution is 2.40. The van der Waals surface area contributed by atoms with Gasteiger partial charge in [0, 0.05) is 68.0 Å². The van der Waals surface area contributed by atoms with Crippen LogP contribution in [0.15, 0.2) is 36.4 Å². The van der Waals surface area contributed by atoms with Crippen LogP contribution in [0.3, 0.4) is 0 Å². The molecule has 1 aromatic heterocycles. The molecule has 0 unspecified atom stereocenters. The third-order valence-corrected chi connectivity index (χ3v) is 10.1. The molecule has 5 heterocycles. The second kappa shape index (κ2) is 12.5. The van der Waals surface area contributed by atoms with Crippen molar-refractivity contribution in [1.29, 1.82) is 0 Å². The second-order valence-electron chi connectivity index (χ2n) is 12.7. The number of aliphatic hydroxyl groups excluding tert-OH is 1. The molecule has 4 atom stereocenters. The van der Waals surface area contributed by atoms with Gasteiger partial charge in [0.2, 0.25) is 0 Å². The van der Waals surface area contributed by atoms with Crippen LogP contribution in [0, 0.1) is 5.92 Å². The van der Waals surface area contributed by atoms with Crippen LogP contribution in [-0.4, -0.2) is 115 Å². The van der Waals surface area contributed by atoms with Crippen LogP contribution in [0.25, 0.3) is 10.8 Å². The number of fused-ring (bicyclic) bond motifs is 4. The number of nitrogens with zero attached hydrogens (tertiary/aromatic N) is 6. The highest BCUT2D eigenvalue weighted by molar-refractivity contribution is 5.95. The summed E-state index contributed by atoms with van der Waals surface area (Å²) in [6.07, 6.45) is 2.69. The number of likely N-dealkylation sites (N-methyl/N-ethyl adjacent to an activating group) is 1. The van der Waals surface area contributed by atoms with Gasteiger partial charge in [0.25, 0.3) is 0 Å². The van der Waals surface area contributed by atoms with Crippen LogP contribution in [0.2, 0.25) is 0 Å². The second-order valence-corrected chi connectivity index (χ2v) is 12.7. The number of hydrogen-bond acceptors (Lipinski definition) is 10. The van der Waals surface area contributed by atoms with Crippen LogP contribution in [0.1, 0.15) is 30.5 Å². The van der Waals surface area contributed by atoms with Crippen molar-refractivity contribution in [3.63, 3.8) is 0 Å². The van der Waals surface area contributed by atoms with E-state index in [0.29, 0.717) is 44.7 Å². The van der Waals surface area contributed by atoms with Gasteiger partial charge in [-0.1, -0.05) is 24.3 Å². The smallest absolute Gasteiger partial charge is 0.407 e. The lowest BCUT2D eigenvalue weighted by Crippen LogP contribution is -2.57. The molecule has 2 N–H and O–H groups in total. The summed E-state index contributed by atoms with van der Waals surface area (Å²) in [5, 5.41) is 22.3. The van der Waals surface area contributed by atoms with Crippen molar-refractivity contribution in [3.05, 3.63) is 47.7 Å². The lowest BCUT2D eigenvalue weighted by Gasteiger charge is -2.42. The summed E-state index contributed by atoms with van der Waals surface area (Å²) in [5.41, 5.74) is 3.07. The zero-order valence-electron chi connectivity index (χ0n) is 26.0. The van der Waals surface area contributed by atoms with E-state index in [1.807, 2.05) is 12.1 Å². The first-order valence-electron chi connectivity index (χ1n) is 15.9. The Hall–Kier alpha value is -3.87. The number of amides is 1. The highest BCUT2D eigenvalue weighted by Gasteiger charge is 2.49. The Morgan fingerprint density at radius 1 is 1.09 bits per heavy atom. The summed E-state index contributed by atoms with van der Waals surface area (Å²) in [4.78, 5) is 30.6. The molecule has 3 saturated heterocycles. The number of likely N-dealkylation sites (tertiary alicyclic amines) is 1. The summed E-state index contributed by atoms with van der Waals surface area (Å²) in [6.45, 7) is 4.06. The fourth-order valence-electron chi connectivity index (χ4n) is 7.76. The number of methoxy groups -OCH3 is 1. The number of piperazine rings is 1. The summed E-state index contributed by atoms with van der Waals surface area (Å²) in [5.74, 6) is 1.49. The third kappa shape index (κ3) is 5.70. The largest absolute Gasteiger partial charge is 0.467 e. The number of carbonyl (C=O) groups is 1. The van der Waals surface area contributed by atoms with E-state index in [2.05, 4.69) is 46.0 Å². The van der Waals surface area contributed by atoms with Crippen molar-refractivity contribution in [2.75, 3.05) is 70.1 Å². The van der Waals surface area contributed by atoms with Crippen LogP contribution in [0.4, 0.5) is 16.3 Å². The molecule has 3 aromatic rings. The van der Waals surface area contributed by atoms with E-state index in [0.717, 1.165) is 71.6 Å². The van der Waals surface area contributed by atoms with Crippen LogP contribution < -0.4 is 19.3 Å². The molecule has 12 nitrogen and oxygen atoms in total.